The van der Waals surface area contributed by atoms with Crippen LogP contribution in [0.5, 0.6) is 0 Å². The molecule has 0 unspecified atom stereocenters. The first-order valence-electron chi connectivity index (χ1n) is 10.2. The number of benzene rings is 1. The van der Waals surface area contributed by atoms with Crippen LogP contribution >= 0.6 is 0 Å². The highest BCUT2D eigenvalue weighted by atomic mass is 19.4. The van der Waals surface area contributed by atoms with E-state index in [1.54, 1.807) is 0 Å². The molecule has 0 saturated heterocycles. The molecule has 3 N–H and O–H groups in total. The zero-order chi connectivity index (χ0) is 21.8. The van der Waals surface area contributed by atoms with Gasteiger partial charge in [-0.25, -0.2) is 4.98 Å². The van der Waals surface area contributed by atoms with Crippen LogP contribution in [-0.4, -0.2) is 50.7 Å². The molecule has 1 aromatic carbocycles. The van der Waals surface area contributed by atoms with E-state index in [1.807, 2.05) is 24.1 Å². The Morgan fingerprint density at radius 2 is 1.87 bits per heavy atom. The van der Waals surface area contributed by atoms with E-state index in [1.165, 1.54) is 6.20 Å². The second-order valence-corrected chi connectivity index (χ2v) is 7.84. The van der Waals surface area contributed by atoms with Gasteiger partial charge in [0.05, 0.1) is 34.3 Å². The van der Waals surface area contributed by atoms with Crippen LogP contribution in [0.3, 0.4) is 0 Å². The van der Waals surface area contributed by atoms with Crippen molar-refractivity contribution < 1.29 is 18.3 Å². The molecule has 1 aliphatic rings. The van der Waals surface area contributed by atoms with Crippen molar-refractivity contribution in [2.75, 3.05) is 25.1 Å². The van der Waals surface area contributed by atoms with Gasteiger partial charge in [0.15, 0.2) is 11.5 Å². The topological polar surface area (TPSA) is 93.7 Å². The highest BCUT2D eigenvalue weighted by Gasteiger charge is 2.38. The number of anilines is 1. The minimum Gasteiger partial charge on any atom is -0.395 e. The Morgan fingerprint density at radius 3 is 2.61 bits per heavy atom. The lowest BCUT2D eigenvalue weighted by Gasteiger charge is -2.23. The number of aryl methyl sites for hydroxylation is 1. The van der Waals surface area contributed by atoms with Crippen molar-refractivity contribution in [1.82, 2.24) is 25.4 Å². The highest BCUT2D eigenvalue weighted by molar-refractivity contribution is 6.13. The number of rotatable bonds is 4. The van der Waals surface area contributed by atoms with Crippen LogP contribution in [0.1, 0.15) is 29.7 Å². The van der Waals surface area contributed by atoms with Gasteiger partial charge in [-0.3, -0.25) is 10.2 Å². The van der Waals surface area contributed by atoms with Crippen LogP contribution in [0, 0.1) is 0 Å². The summed E-state index contributed by atoms with van der Waals surface area (Å²) >= 11 is 0. The number of likely N-dealkylation sites (N-methyl/N-ethyl adjacent to an activating group) is 1. The summed E-state index contributed by atoms with van der Waals surface area (Å²) in [6.45, 7) is 0.394. The van der Waals surface area contributed by atoms with Crippen molar-refractivity contribution >= 4 is 27.6 Å². The van der Waals surface area contributed by atoms with Crippen LogP contribution in [-0.2, 0) is 19.0 Å². The first kappa shape index (κ1) is 19.8. The fourth-order valence-electron chi connectivity index (χ4n) is 4.56. The van der Waals surface area contributed by atoms with Gasteiger partial charge >= 0.3 is 6.18 Å². The number of aliphatic hydroxyl groups excluding tert-OH is 1. The number of H-pyrrole nitrogens is 2. The van der Waals surface area contributed by atoms with Crippen LogP contribution in [0.4, 0.5) is 19.0 Å². The third kappa shape index (κ3) is 3.13. The Hall–Kier alpha value is -3.14. The van der Waals surface area contributed by atoms with E-state index in [2.05, 4.69) is 20.4 Å². The molecule has 0 radical (unpaired) electrons. The van der Waals surface area contributed by atoms with Gasteiger partial charge in [-0.15, -0.1) is 0 Å². The summed E-state index contributed by atoms with van der Waals surface area (Å²) in [7, 11) is 1.85. The minimum atomic E-state index is -4.57. The smallest absolute Gasteiger partial charge is 0.395 e. The number of pyridine rings is 1. The van der Waals surface area contributed by atoms with Crippen LogP contribution in [0.25, 0.3) is 33.1 Å². The van der Waals surface area contributed by atoms with Crippen LogP contribution in [0.2, 0.25) is 0 Å². The molecule has 0 amide bonds. The van der Waals surface area contributed by atoms with Crippen molar-refractivity contribution in [3.63, 3.8) is 0 Å². The zero-order valence-corrected chi connectivity index (χ0v) is 16.8. The monoisotopic (exact) mass is 430 g/mol. The molecule has 3 heterocycles. The molecule has 0 fully saturated rings. The summed E-state index contributed by atoms with van der Waals surface area (Å²) < 4.78 is 40.6. The summed E-state index contributed by atoms with van der Waals surface area (Å²) in [6.07, 6.45) is -0.0186. The Kier molecular flexibility index (Phi) is 4.62. The number of hydrogen-bond acceptors (Lipinski definition) is 5. The second-order valence-electron chi connectivity index (χ2n) is 7.84. The number of aliphatic hydroxyl groups is 1. The Morgan fingerprint density at radius 1 is 1.10 bits per heavy atom. The SMILES string of the molecule is CN(CCO)c1n[nH]c2ccc3nc(-c4c[nH]nc4C(F)(F)F)c4c(c3c12)CCCC4. The number of halogens is 3. The Bertz CT molecular complexity index is 1280. The summed E-state index contributed by atoms with van der Waals surface area (Å²) in [5.41, 5.74) is 2.70. The third-order valence-corrected chi connectivity index (χ3v) is 5.94. The third-order valence-electron chi connectivity index (χ3n) is 5.94. The predicted octanol–water partition coefficient (Wildman–Crippen LogP) is 3.83. The van der Waals surface area contributed by atoms with Gasteiger partial charge in [-0.2, -0.15) is 23.4 Å². The number of nitrogens with one attached hydrogen (secondary N) is 2. The average molecular weight is 430 g/mol. The molecule has 10 heteroatoms. The van der Waals surface area contributed by atoms with E-state index in [0.29, 0.717) is 30.0 Å². The summed E-state index contributed by atoms with van der Waals surface area (Å²) in [5.74, 6) is 0.691. The predicted molar refractivity (Wildman–Crippen MR) is 111 cm³/mol. The number of aromatic amines is 2. The van der Waals surface area contributed by atoms with Gasteiger partial charge in [-0.05, 0) is 48.9 Å². The summed E-state index contributed by atoms with van der Waals surface area (Å²) in [4.78, 5) is 6.57. The van der Waals surface area contributed by atoms with Crippen LogP contribution in [0.15, 0.2) is 18.3 Å². The molecule has 0 aliphatic heterocycles. The largest absolute Gasteiger partial charge is 0.435 e. The molecule has 1 aliphatic carbocycles. The van der Waals surface area contributed by atoms with Gasteiger partial charge in [-0.1, -0.05) is 0 Å². The Balaban J connectivity index is 1.83. The van der Waals surface area contributed by atoms with Crippen LogP contribution < -0.4 is 4.90 Å². The zero-order valence-electron chi connectivity index (χ0n) is 16.8. The second kappa shape index (κ2) is 7.23. The number of nitrogens with zero attached hydrogens (tertiary/aromatic N) is 4. The van der Waals surface area contributed by atoms with E-state index in [-0.39, 0.29) is 12.2 Å². The van der Waals surface area contributed by atoms with Gasteiger partial charge in [0.25, 0.3) is 0 Å². The molecule has 0 atom stereocenters. The van der Waals surface area contributed by atoms with Crippen molar-refractivity contribution in [3.05, 3.63) is 35.2 Å². The molecule has 31 heavy (non-hydrogen) atoms. The maximum Gasteiger partial charge on any atom is 0.435 e. The van der Waals surface area contributed by atoms with E-state index in [0.717, 1.165) is 46.7 Å². The molecule has 7 nitrogen and oxygen atoms in total. The maximum atomic E-state index is 13.5. The number of fused-ring (bicyclic) bond motifs is 5. The fourth-order valence-corrected chi connectivity index (χ4v) is 4.56. The first-order chi connectivity index (χ1) is 14.9. The molecule has 3 aromatic heterocycles. The molecule has 0 spiro atoms. The average Bonchev–Trinajstić information content (AvgIpc) is 3.40. The fraction of sp³-hybridized carbons (Fsp3) is 0.381. The lowest BCUT2D eigenvalue weighted by Crippen LogP contribution is -2.21. The number of hydrogen-bond donors (Lipinski definition) is 3. The van der Waals surface area contributed by atoms with E-state index < -0.39 is 11.9 Å². The molecule has 0 saturated carbocycles. The molecule has 5 rings (SSSR count). The number of alkyl halides is 3. The van der Waals surface area contributed by atoms with E-state index in [4.69, 9.17) is 4.98 Å². The van der Waals surface area contributed by atoms with Crippen molar-refractivity contribution in [1.29, 1.82) is 0 Å². The van der Waals surface area contributed by atoms with Gasteiger partial charge < -0.3 is 10.0 Å². The summed E-state index contributed by atoms with van der Waals surface area (Å²) in [5, 5.41) is 24.4. The molecule has 162 valence electrons. The minimum absolute atomic E-state index is 0.0162. The summed E-state index contributed by atoms with van der Waals surface area (Å²) in [6, 6.07) is 3.66. The highest BCUT2D eigenvalue weighted by Crippen LogP contribution is 2.42. The molecular formula is C21H21F3N6O. The van der Waals surface area contributed by atoms with Crippen molar-refractivity contribution in [2.24, 2.45) is 0 Å². The number of aromatic nitrogens is 5. The van der Waals surface area contributed by atoms with E-state index in [9.17, 15) is 18.3 Å². The van der Waals surface area contributed by atoms with E-state index >= 15 is 0 Å². The first-order valence-corrected chi connectivity index (χ1v) is 10.2. The van der Waals surface area contributed by atoms with Gasteiger partial charge in [0.1, 0.15) is 0 Å². The molecule has 0 bridgehead atoms. The van der Waals surface area contributed by atoms with Crippen molar-refractivity contribution in [2.45, 2.75) is 31.9 Å². The van der Waals surface area contributed by atoms with Gasteiger partial charge in [0, 0.05) is 25.2 Å². The van der Waals surface area contributed by atoms with Gasteiger partial charge in [0.2, 0.25) is 0 Å². The standard InChI is InChI=1S/C21H21F3N6O/c1-30(8-9-31)20-17-15(27-29-20)7-6-14-16(17)11-4-2-3-5-12(11)18(26-14)13-10-25-28-19(13)21(22,23)24/h6-7,10,31H,2-5,8-9H2,1H3,(H,25,28)(H,27,29). The Labute approximate surface area is 175 Å². The lowest BCUT2D eigenvalue weighted by atomic mass is 9.85. The maximum absolute atomic E-state index is 13.5. The molecule has 4 aromatic rings. The van der Waals surface area contributed by atoms with Crippen molar-refractivity contribution in [3.8, 4) is 11.3 Å². The normalized spacial score (nSPS) is 14.4. The quantitative estimate of drug-likeness (QED) is 0.458. The molecular weight excluding hydrogens is 409 g/mol. The lowest BCUT2D eigenvalue weighted by molar-refractivity contribution is -0.140.